The summed E-state index contributed by atoms with van der Waals surface area (Å²) in [4.78, 5) is 0. The van der Waals surface area contributed by atoms with Crippen LogP contribution >= 0.6 is 11.6 Å². The average Bonchev–Trinajstić information content (AvgIpc) is 2.38. The van der Waals surface area contributed by atoms with Gasteiger partial charge in [0.2, 0.25) is 0 Å². The van der Waals surface area contributed by atoms with Gasteiger partial charge < -0.3 is 14.8 Å². The first-order chi connectivity index (χ1) is 9.47. The van der Waals surface area contributed by atoms with E-state index in [1.165, 1.54) is 18.2 Å². The van der Waals surface area contributed by atoms with E-state index in [4.69, 9.17) is 16.3 Å². The van der Waals surface area contributed by atoms with Crippen molar-refractivity contribution in [2.75, 3.05) is 0 Å². The van der Waals surface area contributed by atoms with Gasteiger partial charge in [0.05, 0.1) is 5.02 Å². The van der Waals surface area contributed by atoms with Gasteiger partial charge in [-0.25, -0.2) is 4.39 Å². The largest absolute Gasteiger partial charge is 0.492 e. The molecular weight excluding hydrogens is 281 g/mol. The van der Waals surface area contributed by atoms with Crippen LogP contribution in [0.1, 0.15) is 11.1 Å². The van der Waals surface area contributed by atoms with E-state index in [0.717, 1.165) is 5.56 Å². The Hall–Kier alpha value is -1.56. The van der Waals surface area contributed by atoms with Crippen LogP contribution < -0.4 is 10.2 Å². The van der Waals surface area contributed by atoms with Crippen LogP contribution in [-0.4, -0.2) is 17.2 Å². The van der Waals surface area contributed by atoms with Crippen molar-refractivity contribution in [1.29, 1.82) is 0 Å². The number of halogens is 2. The van der Waals surface area contributed by atoms with Crippen molar-refractivity contribution in [3.8, 4) is 5.75 Å². The van der Waals surface area contributed by atoms with Crippen LogP contribution in [0.4, 0.5) is 4.39 Å². The van der Waals surface area contributed by atoms with Crippen LogP contribution in [0.25, 0.3) is 0 Å². The Morgan fingerprint density at radius 2 is 1.95 bits per heavy atom. The Kier molecular flexibility index (Phi) is 4.65. The highest BCUT2D eigenvalue weighted by Gasteiger charge is 2.17. The van der Waals surface area contributed by atoms with E-state index in [1.54, 1.807) is 18.2 Å². The molecule has 0 spiro atoms. The molecule has 0 fully saturated rings. The summed E-state index contributed by atoms with van der Waals surface area (Å²) in [6.45, 7) is 1.95. The summed E-state index contributed by atoms with van der Waals surface area (Å²) in [6.07, 6.45) is 0. The topological polar surface area (TPSA) is 49.7 Å². The van der Waals surface area contributed by atoms with Crippen molar-refractivity contribution in [3.05, 3.63) is 58.4 Å². The van der Waals surface area contributed by atoms with E-state index in [2.05, 4.69) is 0 Å². The minimum Gasteiger partial charge on any atom is -0.489 e. The van der Waals surface area contributed by atoms with Crippen molar-refractivity contribution in [2.24, 2.45) is 0 Å². The summed E-state index contributed by atoms with van der Waals surface area (Å²) in [5.74, 6) is -0.0634. The fourth-order valence-electron chi connectivity index (χ4n) is 1.80. The lowest BCUT2D eigenvalue weighted by molar-refractivity contribution is 0.306. The van der Waals surface area contributed by atoms with Crippen LogP contribution in [-0.2, 0) is 6.61 Å². The van der Waals surface area contributed by atoms with Gasteiger partial charge in [-0.1, -0.05) is 35.4 Å². The maximum Gasteiger partial charge on any atom is 0.492 e. The van der Waals surface area contributed by atoms with Gasteiger partial charge in [0, 0.05) is 11.0 Å². The first-order valence-electron chi connectivity index (χ1n) is 6.01. The van der Waals surface area contributed by atoms with Gasteiger partial charge in [-0.3, -0.25) is 0 Å². The monoisotopic (exact) mass is 294 g/mol. The second-order valence-corrected chi connectivity index (χ2v) is 4.85. The second-order valence-electron chi connectivity index (χ2n) is 4.44. The Morgan fingerprint density at radius 1 is 1.20 bits per heavy atom. The fourth-order valence-corrected chi connectivity index (χ4v) is 2.02. The number of ether oxygens (including phenoxy) is 1. The third kappa shape index (κ3) is 3.51. The summed E-state index contributed by atoms with van der Waals surface area (Å²) in [5.41, 5.74) is 1.79. The molecule has 0 bridgehead atoms. The SMILES string of the molecule is Cc1ccc(OCc2ccc(F)cc2Cl)c(B(O)O)c1. The maximum absolute atomic E-state index is 12.9. The highest BCUT2D eigenvalue weighted by Crippen LogP contribution is 2.19. The van der Waals surface area contributed by atoms with E-state index >= 15 is 0 Å². The zero-order chi connectivity index (χ0) is 14.7. The molecule has 104 valence electrons. The quantitative estimate of drug-likeness (QED) is 0.849. The molecule has 20 heavy (non-hydrogen) atoms. The van der Waals surface area contributed by atoms with Crippen LogP contribution in [0.2, 0.25) is 5.02 Å². The predicted octanol–water partition coefficient (Wildman–Crippen LogP) is 2.05. The third-order valence-corrected chi connectivity index (χ3v) is 3.19. The minimum absolute atomic E-state index is 0.113. The van der Waals surface area contributed by atoms with E-state index in [-0.39, 0.29) is 17.1 Å². The lowest BCUT2D eigenvalue weighted by Gasteiger charge is -2.12. The molecule has 0 aliphatic heterocycles. The number of hydrogen-bond acceptors (Lipinski definition) is 3. The first kappa shape index (κ1) is 14.8. The molecule has 0 aliphatic carbocycles. The minimum atomic E-state index is -1.62. The zero-order valence-corrected chi connectivity index (χ0v) is 11.6. The first-order valence-corrected chi connectivity index (χ1v) is 6.38. The molecule has 2 rings (SSSR count). The number of aryl methyl sites for hydroxylation is 1. The van der Waals surface area contributed by atoms with Crippen molar-refractivity contribution in [2.45, 2.75) is 13.5 Å². The normalized spacial score (nSPS) is 10.4. The zero-order valence-electron chi connectivity index (χ0n) is 10.8. The smallest absolute Gasteiger partial charge is 0.489 e. The Bertz CT molecular complexity index is 619. The summed E-state index contributed by atoms with van der Waals surface area (Å²) in [6, 6.07) is 9.11. The van der Waals surface area contributed by atoms with Crippen molar-refractivity contribution in [3.63, 3.8) is 0 Å². The van der Waals surface area contributed by atoms with Gasteiger partial charge in [-0.2, -0.15) is 0 Å². The van der Waals surface area contributed by atoms with E-state index in [1.807, 2.05) is 6.92 Å². The van der Waals surface area contributed by atoms with Crippen molar-refractivity contribution in [1.82, 2.24) is 0 Å². The molecule has 2 N–H and O–H groups in total. The average molecular weight is 295 g/mol. The Labute approximate surface area is 121 Å². The molecule has 0 heterocycles. The van der Waals surface area contributed by atoms with E-state index in [0.29, 0.717) is 11.3 Å². The Balaban J connectivity index is 2.18. The van der Waals surface area contributed by atoms with Gasteiger partial charge in [-0.15, -0.1) is 0 Å². The van der Waals surface area contributed by atoms with Gasteiger partial charge in [0.1, 0.15) is 18.2 Å². The summed E-state index contributed by atoms with van der Waals surface area (Å²) in [5, 5.41) is 18.9. The van der Waals surface area contributed by atoms with Crippen LogP contribution in [0, 0.1) is 12.7 Å². The summed E-state index contributed by atoms with van der Waals surface area (Å²) in [7, 11) is -1.62. The molecule has 2 aromatic carbocycles. The highest BCUT2D eigenvalue weighted by atomic mass is 35.5. The predicted molar refractivity (Wildman–Crippen MR) is 76.7 cm³/mol. The van der Waals surface area contributed by atoms with Gasteiger partial charge in [-0.05, 0) is 25.1 Å². The maximum atomic E-state index is 12.9. The molecule has 6 heteroatoms. The molecule has 0 aliphatic rings. The third-order valence-electron chi connectivity index (χ3n) is 2.84. The molecule has 0 radical (unpaired) electrons. The van der Waals surface area contributed by atoms with E-state index in [9.17, 15) is 14.4 Å². The lowest BCUT2D eigenvalue weighted by Crippen LogP contribution is -2.31. The molecule has 0 unspecified atom stereocenters. The number of benzene rings is 2. The van der Waals surface area contributed by atoms with Crippen LogP contribution in [0.3, 0.4) is 0 Å². The molecule has 0 atom stereocenters. The van der Waals surface area contributed by atoms with Crippen LogP contribution in [0.15, 0.2) is 36.4 Å². The standard InChI is InChI=1S/C14H13BClFO3/c1-9-2-5-14(12(6-9)15(18)19)20-8-10-3-4-11(17)7-13(10)16/h2-7,18-19H,8H2,1H3. The van der Waals surface area contributed by atoms with Gasteiger partial charge in [0.15, 0.2) is 0 Å². The molecular formula is C14H13BClFO3. The number of hydrogen-bond donors (Lipinski definition) is 2. The number of rotatable bonds is 4. The molecule has 0 aromatic heterocycles. The second kappa shape index (κ2) is 6.26. The fraction of sp³-hybridized carbons (Fsp3) is 0.143. The molecule has 0 saturated heterocycles. The molecule has 2 aromatic rings. The highest BCUT2D eigenvalue weighted by molar-refractivity contribution is 6.59. The van der Waals surface area contributed by atoms with Crippen LogP contribution in [0.5, 0.6) is 5.75 Å². The molecule has 0 amide bonds. The summed E-state index contributed by atoms with van der Waals surface area (Å²) >= 11 is 5.90. The van der Waals surface area contributed by atoms with Gasteiger partial charge in [0.25, 0.3) is 0 Å². The summed E-state index contributed by atoms with van der Waals surface area (Å²) < 4.78 is 18.5. The van der Waals surface area contributed by atoms with Gasteiger partial charge >= 0.3 is 7.12 Å². The lowest BCUT2D eigenvalue weighted by atomic mass is 9.79. The van der Waals surface area contributed by atoms with Crippen molar-refractivity contribution >= 4 is 24.2 Å². The molecule has 3 nitrogen and oxygen atoms in total. The van der Waals surface area contributed by atoms with E-state index < -0.39 is 12.9 Å². The Morgan fingerprint density at radius 3 is 2.60 bits per heavy atom. The molecule has 0 saturated carbocycles. The van der Waals surface area contributed by atoms with Crippen molar-refractivity contribution < 1.29 is 19.2 Å².